The lowest BCUT2D eigenvalue weighted by Crippen LogP contribution is -2.46. The Kier molecular flexibility index (Phi) is 8.33. The van der Waals surface area contributed by atoms with Crippen LogP contribution in [0.15, 0.2) is 48.5 Å². The van der Waals surface area contributed by atoms with E-state index >= 15 is 0 Å². The predicted molar refractivity (Wildman–Crippen MR) is 131 cm³/mol. The number of aliphatic carboxylic acids is 1. The minimum atomic E-state index is -1.30. The van der Waals surface area contributed by atoms with Crippen molar-refractivity contribution >= 4 is 23.5 Å². The number of carbonyl (C=O) groups excluding carboxylic acids is 3. The normalized spacial score (nSPS) is 18.3. The molecule has 3 N–H and O–H groups in total. The van der Waals surface area contributed by atoms with Crippen LogP contribution in [-0.2, 0) is 22.6 Å². The lowest BCUT2D eigenvalue weighted by molar-refractivity contribution is -0.305. The molecule has 1 saturated heterocycles. The number of carboxylic acid groups (broad SMARTS) is 1. The van der Waals surface area contributed by atoms with Crippen LogP contribution in [0.25, 0.3) is 0 Å². The number of carboxylic acids is 1. The van der Waals surface area contributed by atoms with E-state index in [-0.39, 0.29) is 11.8 Å². The van der Waals surface area contributed by atoms with Crippen LogP contribution < -0.4 is 21.1 Å². The molecule has 2 aliphatic rings. The van der Waals surface area contributed by atoms with Gasteiger partial charge >= 0.3 is 0 Å². The van der Waals surface area contributed by atoms with Gasteiger partial charge in [-0.05, 0) is 29.7 Å². The van der Waals surface area contributed by atoms with E-state index in [1.54, 1.807) is 17.0 Å². The van der Waals surface area contributed by atoms with Gasteiger partial charge in [-0.25, -0.2) is 0 Å². The fourth-order valence-electron chi connectivity index (χ4n) is 4.51. The maximum atomic E-state index is 13.2. The Morgan fingerprint density at radius 3 is 2.57 bits per heavy atom. The summed E-state index contributed by atoms with van der Waals surface area (Å²) in [6.45, 7) is 5.97. The molecule has 1 atom stereocenters. The number of anilines is 1. The van der Waals surface area contributed by atoms with E-state index in [0.29, 0.717) is 37.3 Å². The summed E-state index contributed by atoms with van der Waals surface area (Å²) < 4.78 is 0. The molecule has 0 saturated carbocycles. The number of carbonyl (C=O) groups is 3. The minimum Gasteiger partial charge on any atom is -0.550 e. The number of hydrogen-bond donors (Lipinski definition) is 3. The van der Waals surface area contributed by atoms with E-state index in [1.807, 2.05) is 36.4 Å². The van der Waals surface area contributed by atoms with E-state index in [9.17, 15) is 19.5 Å². The summed E-state index contributed by atoms with van der Waals surface area (Å²) in [6.07, 6.45) is 0.217. The summed E-state index contributed by atoms with van der Waals surface area (Å²) >= 11 is 0. The zero-order valence-corrected chi connectivity index (χ0v) is 19.8. The Morgan fingerprint density at radius 1 is 1.06 bits per heavy atom. The molecule has 1 unspecified atom stereocenters. The maximum absolute atomic E-state index is 13.2. The van der Waals surface area contributed by atoms with Crippen molar-refractivity contribution in [2.24, 2.45) is 0 Å². The Bertz CT molecular complexity index is 1040. The van der Waals surface area contributed by atoms with Crippen molar-refractivity contribution in [3.05, 3.63) is 65.2 Å². The SMILES string of the molecule is O=C([O-])CC1Nc2cc(C(=O)NCCN3CCNCC3)ccc2CN(CCc2ccccc2)C1=O. The Morgan fingerprint density at radius 2 is 1.83 bits per heavy atom. The molecule has 0 spiro atoms. The van der Waals surface area contributed by atoms with Crippen molar-refractivity contribution in [1.82, 2.24) is 20.4 Å². The highest BCUT2D eigenvalue weighted by molar-refractivity contribution is 5.96. The van der Waals surface area contributed by atoms with Crippen LogP contribution in [0.4, 0.5) is 5.69 Å². The monoisotopic (exact) mass is 478 g/mol. The molecule has 9 nitrogen and oxygen atoms in total. The summed E-state index contributed by atoms with van der Waals surface area (Å²) in [5.41, 5.74) is 3.00. The van der Waals surface area contributed by atoms with E-state index in [0.717, 1.165) is 43.9 Å². The molecular weight excluding hydrogens is 446 g/mol. The number of benzene rings is 2. The second kappa shape index (κ2) is 11.8. The van der Waals surface area contributed by atoms with E-state index in [4.69, 9.17) is 0 Å². The van der Waals surface area contributed by atoms with Gasteiger partial charge in [0.2, 0.25) is 5.91 Å². The molecule has 0 bridgehead atoms. The van der Waals surface area contributed by atoms with Crippen molar-refractivity contribution < 1.29 is 19.5 Å². The number of rotatable bonds is 9. The van der Waals surface area contributed by atoms with Crippen molar-refractivity contribution in [3.63, 3.8) is 0 Å². The second-order valence-electron chi connectivity index (χ2n) is 8.99. The van der Waals surface area contributed by atoms with Crippen molar-refractivity contribution in [1.29, 1.82) is 0 Å². The molecule has 0 radical (unpaired) electrons. The summed E-state index contributed by atoms with van der Waals surface area (Å²) in [4.78, 5) is 41.2. The third-order valence-corrected chi connectivity index (χ3v) is 6.48. The van der Waals surface area contributed by atoms with Gasteiger partial charge in [0.05, 0.1) is 0 Å². The summed E-state index contributed by atoms with van der Waals surface area (Å²) in [5.74, 6) is -1.79. The first-order valence-electron chi connectivity index (χ1n) is 12.1. The molecule has 2 aromatic carbocycles. The second-order valence-corrected chi connectivity index (χ2v) is 8.99. The van der Waals surface area contributed by atoms with E-state index in [2.05, 4.69) is 20.9 Å². The minimum absolute atomic E-state index is 0.197. The molecule has 0 aliphatic carbocycles. The van der Waals surface area contributed by atoms with Crippen LogP contribution in [0.5, 0.6) is 0 Å². The number of nitrogens with zero attached hydrogens (tertiary/aromatic N) is 2. The topological polar surface area (TPSA) is 117 Å². The third kappa shape index (κ3) is 6.80. The van der Waals surface area contributed by atoms with Gasteiger partial charge in [-0.1, -0.05) is 36.4 Å². The molecule has 35 heavy (non-hydrogen) atoms. The summed E-state index contributed by atoms with van der Waals surface area (Å²) in [5, 5.41) is 20.7. The molecule has 186 valence electrons. The lowest BCUT2D eigenvalue weighted by atomic mass is 10.1. The maximum Gasteiger partial charge on any atom is 0.251 e. The fraction of sp³-hybridized carbons (Fsp3) is 0.423. The zero-order chi connectivity index (χ0) is 24.6. The van der Waals surface area contributed by atoms with Gasteiger partial charge in [-0.3, -0.25) is 14.5 Å². The van der Waals surface area contributed by atoms with Crippen molar-refractivity contribution in [2.45, 2.75) is 25.4 Å². The van der Waals surface area contributed by atoms with Crippen LogP contribution in [0, 0.1) is 0 Å². The van der Waals surface area contributed by atoms with Crippen molar-refractivity contribution in [2.75, 3.05) is 51.1 Å². The Hall–Kier alpha value is -3.43. The highest BCUT2D eigenvalue weighted by Crippen LogP contribution is 2.26. The zero-order valence-electron chi connectivity index (χ0n) is 19.8. The molecule has 9 heteroatoms. The highest BCUT2D eigenvalue weighted by atomic mass is 16.4. The standard InChI is InChI=1S/C26H33N5O4/c32-24(33)17-23-26(35)31(12-8-19-4-2-1-3-5-19)18-21-7-6-20(16-22(21)29-23)25(34)28-11-15-30-13-9-27-10-14-30/h1-7,16,23,27,29H,8-15,17-18H2,(H,28,34)(H,32,33)/p-1. The first-order chi connectivity index (χ1) is 17.0. The average molecular weight is 479 g/mol. The molecule has 0 aromatic heterocycles. The molecular formula is C26H32N5O4-. The van der Waals surface area contributed by atoms with Gasteiger partial charge < -0.3 is 30.8 Å². The van der Waals surface area contributed by atoms with Crippen LogP contribution in [0.1, 0.15) is 27.9 Å². The Balaban J connectivity index is 1.44. The van der Waals surface area contributed by atoms with Gasteiger partial charge in [0.15, 0.2) is 0 Å². The van der Waals surface area contributed by atoms with Gasteiger partial charge in [0.25, 0.3) is 5.91 Å². The summed E-state index contributed by atoms with van der Waals surface area (Å²) in [6, 6.07) is 14.2. The number of hydrogen-bond acceptors (Lipinski definition) is 7. The van der Waals surface area contributed by atoms with E-state index in [1.165, 1.54) is 0 Å². The van der Waals surface area contributed by atoms with Crippen LogP contribution in [0.2, 0.25) is 0 Å². The number of amides is 2. The molecule has 1 fully saturated rings. The molecule has 2 aromatic rings. The molecule has 2 heterocycles. The fourth-order valence-corrected chi connectivity index (χ4v) is 4.51. The highest BCUT2D eigenvalue weighted by Gasteiger charge is 2.29. The summed E-state index contributed by atoms with van der Waals surface area (Å²) in [7, 11) is 0. The van der Waals surface area contributed by atoms with Crippen LogP contribution >= 0.6 is 0 Å². The number of fused-ring (bicyclic) bond motifs is 1. The first kappa shape index (κ1) is 24.7. The van der Waals surface area contributed by atoms with E-state index < -0.39 is 18.4 Å². The van der Waals surface area contributed by atoms with Crippen LogP contribution in [0.3, 0.4) is 0 Å². The smallest absolute Gasteiger partial charge is 0.251 e. The first-order valence-corrected chi connectivity index (χ1v) is 12.1. The molecule has 2 amide bonds. The molecule has 2 aliphatic heterocycles. The Labute approximate surface area is 205 Å². The van der Waals surface area contributed by atoms with Gasteiger partial charge in [-0.15, -0.1) is 0 Å². The van der Waals surface area contributed by atoms with Gasteiger partial charge in [0, 0.05) is 76.0 Å². The van der Waals surface area contributed by atoms with Gasteiger partial charge in [-0.2, -0.15) is 0 Å². The lowest BCUT2D eigenvalue weighted by Gasteiger charge is -2.27. The van der Waals surface area contributed by atoms with Gasteiger partial charge in [0.1, 0.15) is 6.04 Å². The number of nitrogens with one attached hydrogen (secondary N) is 3. The largest absolute Gasteiger partial charge is 0.550 e. The predicted octanol–water partition coefficient (Wildman–Crippen LogP) is -0.173. The third-order valence-electron chi connectivity index (χ3n) is 6.48. The average Bonchev–Trinajstić information content (AvgIpc) is 2.99. The molecule has 4 rings (SSSR count). The van der Waals surface area contributed by atoms with Crippen LogP contribution in [-0.4, -0.2) is 79.4 Å². The van der Waals surface area contributed by atoms with Crippen molar-refractivity contribution in [3.8, 4) is 0 Å². The quantitative estimate of drug-likeness (QED) is 0.458. The number of piperazine rings is 1.